The summed E-state index contributed by atoms with van der Waals surface area (Å²) in [5, 5.41) is 1.18. The molecule has 27 heavy (non-hydrogen) atoms. The molecule has 4 heterocycles. The summed E-state index contributed by atoms with van der Waals surface area (Å²) in [6, 6.07) is 19.6. The van der Waals surface area contributed by atoms with E-state index in [1.807, 2.05) is 24.0 Å². The maximum absolute atomic E-state index is 5.09. The SMILES string of the molecule is CC[C@@H]1CSC2=N[C@@H](c3ccccn3)[C@@H](c3ccn(-c4ccccc4)c3)N21. The van der Waals surface area contributed by atoms with Crippen molar-refractivity contribution in [3.05, 3.63) is 84.4 Å². The normalized spacial score (nSPS) is 24.1. The maximum Gasteiger partial charge on any atom is 0.160 e. The van der Waals surface area contributed by atoms with Crippen LogP contribution in [0.2, 0.25) is 0 Å². The number of aliphatic imine (C=N–C) groups is 1. The number of nitrogens with zero attached hydrogens (tertiary/aromatic N) is 4. The molecule has 1 aromatic carbocycles. The highest BCUT2D eigenvalue weighted by Crippen LogP contribution is 2.48. The Morgan fingerprint density at radius 2 is 1.93 bits per heavy atom. The van der Waals surface area contributed by atoms with Gasteiger partial charge in [-0.1, -0.05) is 43.0 Å². The van der Waals surface area contributed by atoms with Crippen molar-refractivity contribution in [2.24, 2.45) is 4.99 Å². The number of para-hydroxylation sites is 1. The first-order valence-electron chi connectivity index (χ1n) is 9.48. The number of rotatable bonds is 4. The Hall–Kier alpha value is -2.53. The van der Waals surface area contributed by atoms with Gasteiger partial charge in [0.1, 0.15) is 6.04 Å². The number of amidine groups is 1. The summed E-state index contributed by atoms with van der Waals surface area (Å²) < 4.78 is 2.20. The van der Waals surface area contributed by atoms with Gasteiger partial charge in [0.15, 0.2) is 5.17 Å². The summed E-state index contributed by atoms with van der Waals surface area (Å²) in [6.07, 6.45) is 7.42. The topological polar surface area (TPSA) is 33.4 Å². The number of pyridine rings is 1. The Morgan fingerprint density at radius 1 is 1.07 bits per heavy atom. The van der Waals surface area contributed by atoms with E-state index in [9.17, 15) is 0 Å². The van der Waals surface area contributed by atoms with Crippen LogP contribution in [0.25, 0.3) is 5.69 Å². The van der Waals surface area contributed by atoms with Gasteiger partial charge in [0.2, 0.25) is 0 Å². The Bertz CT molecular complexity index is 951. The standard InChI is InChI=1S/C22H22N4S/c1-2-17-15-27-22-24-20(19-10-6-7-12-23-19)21(26(17)22)16-11-13-25(14-16)18-8-4-3-5-9-18/h3-14,17,20-21H,2,15H2,1H3/t17-,20+,21-/m1/s1. The fraction of sp³-hybridized carbons (Fsp3) is 0.273. The summed E-state index contributed by atoms with van der Waals surface area (Å²) in [6.45, 7) is 2.27. The van der Waals surface area contributed by atoms with Crippen LogP contribution in [0.15, 0.2) is 78.2 Å². The molecule has 0 bridgehead atoms. The van der Waals surface area contributed by atoms with E-state index in [1.54, 1.807) is 0 Å². The minimum absolute atomic E-state index is 0.0506. The summed E-state index contributed by atoms with van der Waals surface area (Å²) >= 11 is 1.89. The highest BCUT2D eigenvalue weighted by molar-refractivity contribution is 8.14. The molecule has 3 aromatic rings. The molecule has 0 unspecified atom stereocenters. The molecule has 1 saturated heterocycles. The summed E-state index contributed by atoms with van der Waals surface area (Å²) in [4.78, 5) is 12.3. The quantitative estimate of drug-likeness (QED) is 0.654. The average molecular weight is 375 g/mol. The van der Waals surface area contributed by atoms with Crippen molar-refractivity contribution in [3.63, 3.8) is 0 Å². The molecule has 1 fully saturated rings. The van der Waals surface area contributed by atoms with Crippen molar-refractivity contribution in [1.29, 1.82) is 0 Å². The van der Waals surface area contributed by atoms with Gasteiger partial charge in [0.25, 0.3) is 0 Å². The molecule has 0 spiro atoms. The van der Waals surface area contributed by atoms with Crippen molar-refractivity contribution in [2.75, 3.05) is 5.75 Å². The van der Waals surface area contributed by atoms with Crippen molar-refractivity contribution in [2.45, 2.75) is 31.5 Å². The van der Waals surface area contributed by atoms with E-state index in [0.717, 1.165) is 17.9 Å². The maximum atomic E-state index is 5.09. The predicted octanol–water partition coefficient (Wildman–Crippen LogP) is 4.85. The fourth-order valence-corrected chi connectivity index (χ4v) is 5.40. The number of aromatic nitrogens is 2. The molecular formula is C22H22N4S. The Balaban J connectivity index is 1.56. The van der Waals surface area contributed by atoms with E-state index in [4.69, 9.17) is 4.99 Å². The highest BCUT2D eigenvalue weighted by atomic mass is 32.2. The third kappa shape index (κ3) is 2.86. The van der Waals surface area contributed by atoms with Crippen LogP contribution in [0.4, 0.5) is 0 Å². The molecule has 2 aromatic heterocycles. The molecular weight excluding hydrogens is 352 g/mol. The molecule has 3 atom stereocenters. The number of hydrogen-bond donors (Lipinski definition) is 0. The third-order valence-corrected chi connectivity index (χ3v) is 6.57. The minimum Gasteiger partial charge on any atom is -0.338 e. The number of thioether (sulfide) groups is 1. The second-order valence-electron chi connectivity index (χ2n) is 7.02. The molecule has 0 aliphatic carbocycles. The Morgan fingerprint density at radius 3 is 2.70 bits per heavy atom. The number of fused-ring (bicyclic) bond motifs is 1. The smallest absolute Gasteiger partial charge is 0.160 e. The molecule has 0 saturated carbocycles. The number of benzene rings is 1. The minimum atomic E-state index is 0.0506. The lowest BCUT2D eigenvalue weighted by Gasteiger charge is -2.31. The molecule has 0 N–H and O–H groups in total. The molecule has 5 heteroatoms. The van der Waals surface area contributed by atoms with Gasteiger partial charge in [-0.3, -0.25) is 9.98 Å². The molecule has 0 radical (unpaired) electrons. The predicted molar refractivity (Wildman–Crippen MR) is 111 cm³/mol. The van der Waals surface area contributed by atoms with Crippen LogP contribution in [0.5, 0.6) is 0 Å². The van der Waals surface area contributed by atoms with Crippen LogP contribution < -0.4 is 0 Å². The van der Waals surface area contributed by atoms with Crippen molar-refractivity contribution < 1.29 is 0 Å². The highest BCUT2D eigenvalue weighted by Gasteiger charge is 2.45. The zero-order valence-corrected chi connectivity index (χ0v) is 16.1. The van der Waals surface area contributed by atoms with Crippen LogP contribution in [-0.2, 0) is 0 Å². The van der Waals surface area contributed by atoms with Gasteiger partial charge in [-0.15, -0.1) is 0 Å². The van der Waals surface area contributed by atoms with Crippen LogP contribution in [0.1, 0.15) is 36.7 Å². The lowest BCUT2D eigenvalue weighted by molar-refractivity contribution is 0.255. The van der Waals surface area contributed by atoms with Gasteiger partial charge >= 0.3 is 0 Å². The third-order valence-electron chi connectivity index (χ3n) is 5.44. The Labute approximate surface area is 164 Å². The fourth-order valence-electron chi connectivity index (χ4n) is 4.06. The van der Waals surface area contributed by atoms with Crippen molar-refractivity contribution in [1.82, 2.24) is 14.5 Å². The van der Waals surface area contributed by atoms with Gasteiger partial charge in [0.05, 0.1) is 11.7 Å². The van der Waals surface area contributed by atoms with Gasteiger partial charge < -0.3 is 9.47 Å². The first kappa shape index (κ1) is 16.6. The second-order valence-corrected chi connectivity index (χ2v) is 8.01. The molecule has 2 aliphatic heterocycles. The largest absolute Gasteiger partial charge is 0.338 e. The van der Waals surface area contributed by atoms with Crippen LogP contribution in [0.3, 0.4) is 0 Å². The van der Waals surface area contributed by atoms with E-state index in [0.29, 0.717) is 6.04 Å². The van der Waals surface area contributed by atoms with E-state index in [2.05, 4.69) is 82.3 Å². The van der Waals surface area contributed by atoms with Crippen LogP contribution in [-0.4, -0.2) is 31.4 Å². The van der Waals surface area contributed by atoms with Gasteiger partial charge in [0, 0.05) is 36.1 Å². The van der Waals surface area contributed by atoms with Gasteiger partial charge in [-0.05, 0) is 42.3 Å². The summed E-state index contributed by atoms with van der Waals surface area (Å²) in [5.41, 5.74) is 3.53. The van der Waals surface area contributed by atoms with E-state index < -0.39 is 0 Å². The molecule has 5 rings (SSSR count). The van der Waals surface area contributed by atoms with E-state index in [1.165, 1.54) is 16.4 Å². The molecule has 4 nitrogen and oxygen atoms in total. The zero-order valence-electron chi connectivity index (χ0n) is 15.3. The molecule has 136 valence electrons. The van der Waals surface area contributed by atoms with Crippen molar-refractivity contribution >= 4 is 16.9 Å². The van der Waals surface area contributed by atoms with E-state index in [-0.39, 0.29) is 12.1 Å². The van der Waals surface area contributed by atoms with Gasteiger partial charge in [-0.25, -0.2) is 0 Å². The summed E-state index contributed by atoms with van der Waals surface area (Å²) in [7, 11) is 0. The van der Waals surface area contributed by atoms with Gasteiger partial charge in [-0.2, -0.15) is 0 Å². The Kier molecular flexibility index (Phi) is 4.24. The lowest BCUT2D eigenvalue weighted by Crippen LogP contribution is -2.35. The first-order valence-corrected chi connectivity index (χ1v) is 10.5. The van der Waals surface area contributed by atoms with Crippen LogP contribution >= 0.6 is 11.8 Å². The summed E-state index contributed by atoms with van der Waals surface area (Å²) in [5.74, 6) is 1.13. The average Bonchev–Trinajstić information content (AvgIpc) is 3.44. The molecule has 2 aliphatic rings. The second kappa shape index (κ2) is 6.89. The first-order chi connectivity index (χ1) is 13.3. The zero-order chi connectivity index (χ0) is 18.2. The molecule has 0 amide bonds. The van der Waals surface area contributed by atoms with E-state index >= 15 is 0 Å². The monoisotopic (exact) mass is 374 g/mol. The lowest BCUT2D eigenvalue weighted by atomic mass is 9.97. The van der Waals surface area contributed by atoms with Crippen molar-refractivity contribution in [3.8, 4) is 5.69 Å². The number of hydrogen-bond acceptors (Lipinski definition) is 4. The van der Waals surface area contributed by atoms with Crippen LogP contribution in [0, 0.1) is 0 Å².